The second-order valence-electron chi connectivity index (χ2n) is 5.44. The summed E-state index contributed by atoms with van der Waals surface area (Å²) in [5, 5.41) is 14.3. The number of amides is 3. The lowest BCUT2D eigenvalue weighted by Gasteiger charge is -2.19. The van der Waals surface area contributed by atoms with Crippen molar-refractivity contribution in [2.45, 2.75) is 31.7 Å². The highest BCUT2D eigenvalue weighted by molar-refractivity contribution is 5.85. The summed E-state index contributed by atoms with van der Waals surface area (Å²) in [6.07, 6.45) is 3.19. The molecule has 2 saturated carbocycles. The van der Waals surface area contributed by atoms with Crippen molar-refractivity contribution in [1.82, 2.24) is 15.5 Å². The van der Waals surface area contributed by atoms with E-state index >= 15 is 0 Å². The van der Waals surface area contributed by atoms with Crippen LogP contribution in [0.15, 0.2) is 0 Å². The molecular formula is C12H19N3O4. The van der Waals surface area contributed by atoms with E-state index in [9.17, 15) is 14.4 Å². The van der Waals surface area contributed by atoms with Crippen LogP contribution in [0.3, 0.4) is 0 Å². The maximum atomic E-state index is 11.7. The van der Waals surface area contributed by atoms with Gasteiger partial charge >= 0.3 is 12.0 Å². The number of rotatable bonds is 6. The van der Waals surface area contributed by atoms with Crippen LogP contribution in [-0.4, -0.2) is 54.1 Å². The summed E-state index contributed by atoms with van der Waals surface area (Å²) in [6, 6.07) is -0.149. The Kier molecular flexibility index (Phi) is 3.64. The number of hydrogen-bond donors (Lipinski definition) is 3. The summed E-state index contributed by atoms with van der Waals surface area (Å²) in [6.45, 7) is 0.109. The van der Waals surface area contributed by atoms with Crippen molar-refractivity contribution < 1.29 is 19.5 Å². The summed E-state index contributed by atoms with van der Waals surface area (Å²) >= 11 is 0. The van der Waals surface area contributed by atoms with Crippen molar-refractivity contribution in [1.29, 1.82) is 0 Å². The van der Waals surface area contributed by atoms with Crippen molar-refractivity contribution in [3.63, 3.8) is 0 Å². The van der Waals surface area contributed by atoms with Crippen LogP contribution in [0.25, 0.3) is 0 Å². The molecule has 0 bridgehead atoms. The minimum atomic E-state index is -0.873. The van der Waals surface area contributed by atoms with Gasteiger partial charge in [0, 0.05) is 19.6 Å². The average molecular weight is 269 g/mol. The lowest BCUT2D eigenvalue weighted by molar-refractivity contribution is -0.143. The van der Waals surface area contributed by atoms with Gasteiger partial charge in [0.05, 0.1) is 5.41 Å². The zero-order valence-corrected chi connectivity index (χ0v) is 10.9. The molecule has 3 N–H and O–H groups in total. The number of aliphatic carboxylic acids is 1. The van der Waals surface area contributed by atoms with E-state index in [2.05, 4.69) is 10.6 Å². The first-order valence-corrected chi connectivity index (χ1v) is 6.45. The Bertz CT molecular complexity index is 402. The Morgan fingerprint density at radius 1 is 1.32 bits per heavy atom. The minimum absolute atomic E-state index is 0.0115. The summed E-state index contributed by atoms with van der Waals surface area (Å²) < 4.78 is 0. The average Bonchev–Trinajstić information content (AvgIpc) is 3.20. The van der Waals surface area contributed by atoms with E-state index in [0.717, 1.165) is 12.8 Å². The monoisotopic (exact) mass is 269 g/mol. The van der Waals surface area contributed by atoms with Gasteiger partial charge in [-0.2, -0.15) is 0 Å². The fraction of sp³-hybridized carbons (Fsp3) is 0.750. The van der Waals surface area contributed by atoms with Crippen LogP contribution in [0, 0.1) is 5.41 Å². The number of likely N-dealkylation sites (N-methyl/N-ethyl adjacent to an activating group) is 1. The van der Waals surface area contributed by atoms with Crippen LogP contribution in [0.2, 0.25) is 0 Å². The van der Waals surface area contributed by atoms with E-state index in [1.54, 1.807) is 0 Å². The van der Waals surface area contributed by atoms with Gasteiger partial charge in [0.1, 0.15) is 6.54 Å². The molecule has 19 heavy (non-hydrogen) atoms. The lowest BCUT2D eigenvalue weighted by Crippen LogP contribution is -2.45. The summed E-state index contributed by atoms with van der Waals surface area (Å²) in [5.41, 5.74) is -0.785. The minimum Gasteiger partial charge on any atom is -0.481 e. The highest BCUT2D eigenvalue weighted by atomic mass is 16.4. The van der Waals surface area contributed by atoms with Crippen LogP contribution in [0.4, 0.5) is 4.79 Å². The van der Waals surface area contributed by atoms with Crippen molar-refractivity contribution in [2.75, 3.05) is 20.1 Å². The van der Waals surface area contributed by atoms with E-state index in [1.807, 2.05) is 0 Å². The molecule has 0 heterocycles. The first-order chi connectivity index (χ1) is 8.93. The summed E-state index contributed by atoms with van der Waals surface area (Å²) in [5.74, 6) is -1.05. The quantitative estimate of drug-likeness (QED) is 0.620. The molecular weight excluding hydrogens is 250 g/mol. The number of nitrogens with one attached hydrogen (secondary N) is 2. The molecule has 0 saturated heterocycles. The lowest BCUT2D eigenvalue weighted by atomic mass is 10.1. The third-order valence-electron chi connectivity index (χ3n) is 3.56. The van der Waals surface area contributed by atoms with Gasteiger partial charge in [-0.05, 0) is 25.7 Å². The van der Waals surface area contributed by atoms with Crippen LogP contribution >= 0.6 is 0 Å². The van der Waals surface area contributed by atoms with Crippen LogP contribution in [0.1, 0.15) is 25.7 Å². The van der Waals surface area contributed by atoms with Gasteiger partial charge in [0.15, 0.2) is 0 Å². The maximum absolute atomic E-state index is 11.7. The van der Waals surface area contributed by atoms with E-state index in [4.69, 9.17) is 5.11 Å². The molecule has 7 nitrogen and oxygen atoms in total. The van der Waals surface area contributed by atoms with Crippen LogP contribution in [0.5, 0.6) is 0 Å². The van der Waals surface area contributed by atoms with E-state index in [-0.39, 0.29) is 25.0 Å². The molecule has 106 valence electrons. The maximum Gasteiger partial charge on any atom is 0.317 e. The number of hydrogen-bond acceptors (Lipinski definition) is 3. The molecule has 0 aromatic rings. The predicted molar refractivity (Wildman–Crippen MR) is 66.5 cm³/mol. The summed E-state index contributed by atoms with van der Waals surface area (Å²) in [4.78, 5) is 35.4. The topological polar surface area (TPSA) is 98.7 Å². The number of carboxylic acid groups (broad SMARTS) is 1. The van der Waals surface area contributed by atoms with E-state index in [0.29, 0.717) is 12.8 Å². The Labute approximate surface area is 111 Å². The van der Waals surface area contributed by atoms with E-state index < -0.39 is 17.4 Å². The molecule has 0 spiro atoms. The molecule has 2 rings (SSSR count). The number of carboxylic acids is 1. The molecule has 0 radical (unpaired) electrons. The summed E-state index contributed by atoms with van der Waals surface area (Å²) in [7, 11) is 1.52. The number of carbonyl (C=O) groups is 3. The van der Waals surface area contributed by atoms with Crippen LogP contribution < -0.4 is 10.6 Å². The number of nitrogens with zero attached hydrogens (tertiary/aromatic N) is 1. The van der Waals surface area contributed by atoms with Gasteiger partial charge in [-0.25, -0.2) is 4.79 Å². The highest BCUT2D eigenvalue weighted by Crippen LogP contribution is 2.45. The molecule has 7 heteroatoms. The third-order valence-corrected chi connectivity index (χ3v) is 3.56. The van der Waals surface area contributed by atoms with Crippen molar-refractivity contribution >= 4 is 17.9 Å². The van der Waals surface area contributed by atoms with Crippen LogP contribution in [-0.2, 0) is 9.59 Å². The van der Waals surface area contributed by atoms with Crippen molar-refractivity contribution in [2.24, 2.45) is 5.41 Å². The largest absolute Gasteiger partial charge is 0.481 e. The first-order valence-electron chi connectivity index (χ1n) is 6.45. The highest BCUT2D eigenvalue weighted by Gasteiger charge is 2.50. The SMILES string of the molecule is CN(CC(=O)NC1CC1)C(=O)NCC1(C(=O)O)CC1. The van der Waals surface area contributed by atoms with Gasteiger partial charge in [0.2, 0.25) is 5.91 Å². The van der Waals surface area contributed by atoms with Crippen molar-refractivity contribution in [3.05, 3.63) is 0 Å². The van der Waals surface area contributed by atoms with Gasteiger partial charge in [0.25, 0.3) is 0 Å². The first kappa shape index (κ1) is 13.6. The fourth-order valence-corrected chi connectivity index (χ4v) is 1.79. The van der Waals surface area contributed by atoms with Gasteiger partial charge in [-0.15, -0.1) is 0 Å². The van der Waals surface area contributed by atoms with Crippen molar-refractivity contribution in [3.8, 4) is 0 Å². The second-order valence-corrected chi connectivity index (χ2v) is 5.44. The molecule has 2 aliphatic carbocycles. The molecule has 2 fully saturated rings. The molecule has 0 aliphatic heterocycles. The Balaban J connectivity index is 1.69. The normalized spacial score (nSPS) is 19.4. The zero-order chi connectivity index (χ0) is 14.0. The fourth-order valence-electron chi connectivity index (χ4n) is 1.79. The predicted octanol–water partition coefficient (Wildman–Crippen LogP) is -0.229. The molecule has 0 aromatic heterocycles. The number of urea groups is 1. The van der Waals surface area contributed by atoms with E-state index in [1.165, 1.54) is 11.9 Å². The molecule has 3 amide bonds. The van der Waals surface area contributed by atoms with Gasteiger partial charge in [-0.3, -0.25) is 9.59 Å². The molecule has 0 unspecified atom stereocenters. The van der Waals surface area contributed by atoms with Gasteiger partial charge in [-0.1, -0.05) is 0 Å². The Hall–Kier alpha value is -1.79. The Morgan fingerprint density at radius 2 is 1.95 bits per heavy atom. The molecule has 2 aliphatic rings. The van der Waals surface area contributed by atoms with Gasteiger partial charge < -0.3 is 20.6 Å². The second kappa shape index (κ2) is 5.07. The Morgan fingerprint density at radius 3 is 2.42 bits per heavy atom. The number of carbonyl (C=O) groups excluding carboxylic acids is 2. The smallest absolute Gasteiger partial charge is 0.317 e. The zero-order valence-electron chi connectivity index (χ0n) is 10.9. The molecule has 0 aromatic carbocycles. The molecule has 0 atom stereocenters. The third kappa shape index (κ3) is 3.59. The standard InChI is InChI=1S/C12H19N3O4/c1-15(6-9(16)14-8-2-3-8)11(19)13-7-12(4-5-12)10(17)18/h8H,2-7H2,1H3,(H,13,19)(H,14,16)(H,17,18).